The SMILES string of the molecule is CC(C)N1CCNC(=O)[C@@H]1CC(=O)NC1CCN(Cc2ccccn2)CC1. The van der Waals surface area contributed by atoms with Crippen LogP contribution in [0.2, 0.25) is 0 Å². The predicted octanol–water partition coefficient (Wildman–Crippen LogP) is 0.761. The summed E-state index contributed by atoms with van der Waals surface area (Å²) in [5.74, 6) is -0.0545. The van der Waals surface area contributed by atoms with Gasteiger partial charge in [0.05, 0.1) is 18.2 Å². The van der Waals surface area contributed by atoms with Crippen molar-refractivity contribution in [2.75, 3.05) is 26.2 Å². The van der Waals surface area contributed by atoms with Gasteiger partial charge in [-0.25, -0.2) is 0 Å². The summed E-state index contributed by atoms with van der Waals surface area (Å²) >= 11 is 0. The summed E-state index contributed by atoms with van der Waals surface area (Å²) in [7, 11) is 0. The van der Waals surface area contributed by atoms with E-state index in [0.717, 1.165) is 44.7 Å². The van der Waals surface area contributed by atoms with Crippen LogP contribution < -0.4 is 10.6 Å². The topological polar surface area (TPSA) is 77.6 Å². The summed E-state index contributed by atoms with van der Waals surface area (Å²) in [5, 5.41) is 6.02. The van der Waals surface area contributed by atoms with E-state index in [1.165, 1.54) is 0 Å². The third-order valence-electron chi connectivity index (χ3n) is 5.48. The van der Waals surface area contributed by atoms with Gasteiger partial charge in [0.1, 0.15) is 0 Å². The average molecular weight is 374 g/mol. The second kappa shape index (κ2) is 9.28. The summed E-state index contributed by atoms with van der Waals surface area (Å²) in [4.78, 5) is 33.6. The molecule has 7 heteroatoms. The van der Waals surface area contributed by atoms with Gasteiger partial charge in [-0.2, -0.15) is 0 Å². The van der Waals surface area contributed by atoms with Gasteiger partial charge in [0.25, 0.3) is 0 Å². The molecule has 1 atom stereocenters. The van der Waals surface area contributed by atoms with Crippen molar-refractivity contribution in [2.45, 2.75) is 57.8 Å². The lowest BCUT2D eigenvalue weighted by molar-refractivity contribution is -0.135. The second-order valence-electron chi connectivity index (χ2n) is 7.78. The van der Waals surface area contributed by atoms with Crippen LogP contribution in [0.15, 0.2) is 24.4 Å². The molecule has 0 saturated carbocycles. The molecule has 7 nitrogen and oxygen atoms in total. The molecule has 0 aliphatic carbocycles. The molecule has 3 rings (SSSR count). The van der Waals surface area contributed by atoms with Gasteiger partial charge in [0.15, 0.2) is 0 Å². The lowest BCUT2D eigenvalue weighted by Crippen LogP contribution is -2.58. The van der Waals surface area contributed by atoms with Crippen LogP contribution in [0, 0.1) is 0 Å². The maximum absolute atomic E-state index is 12.5. The van der Waals surface area contributed by atoms with Crippen LogP contribution in [0.3, 0.4) is 0 Å². The van der Waals surface area contributed by atoms with Gasteiger partial charge < -0.3 is 10.6 Å². The summed E-state index contributed by atoms with van der Waals surface area (Å²) in [5.41, 5.74) is 1.08. The Morgan fingerprint density at radius 3 is 2.74 bits per heavy atom. The van der Waals surface area contributed by atoms with Crippen molar-refractivity contribution in [3.05, 3.63) is 30.1 Å². The van der Waals surface area contributed by atoms with Crippen LogP contribution in [0.4, 0.5) is 0 Å². The highest BCUT2D eigenvalue weighted by Crippen LogP contribution is 2.15. The number of pyridine rings is 1. The zero-order chi connectivity index (χ0) is 19.2. The molecule has 2 saturated heterocycles. The highest BCUT2D eigenvalue weighted by Gasteiger charge is 2.33. The molecule has 1 aromatic heterocycles. The van der Waals surface area contributed by atoms with Crippen molar-refractivity contribution in [2.24, 2.45) is 0 Å². The van der Waals surface area contributed by atoms with Crippen LogP contribution in [0.5, 0.6) is 0 Å². The Balaban J connectivity index is 1.44. The number of nitrogens with one attached hydrogen (secondary N) is 2. The molecular weight excluding hydrogens is 342 g/mol. The first kappa shape index (κ1) is 19.8. The van der Waals surface area contributed by atoms with Gasteiger partial charge >= 0.3 is 0 Å². The zero-order valence-electron chi connectivity index (χ0n) is 16.4. The minimum absolute atomic E-state index is 0.0223. The molecule has 2 N–H and O–H groups in total. The van der Waals surface area contributed by atoms with E-state index in [-0.39, 0.29) is 36.4 Å². The minimum Gasteiger partial charge on any atom is -0.353 e. The Bertz CT molecular complexity index is 629. The molecule has 1 aromatic rings. The lowest BCUT2D eigenvalue weighted by atomic mass is 10.0. The zero-order valence-corrected chi connectivity index (χ0v) is 16.4. The molecule has 2 fully saturated rings. The molecule has 3 heterocycles. The van der Waals surface area contributed by atoms with Crippen LogP contribution in [-0.2, 0) is 16.1 Å². The van der Waals surface area contributed by atoms with Crippen LogP contribution >= 0.6 is 0 Å². The lowest BCUT2D eigenvalue weighted by Gasteiger charge is -2.38. The molecule has 148 valence electrons. The Morgan fingerprint density at radius 1 is 1.30 bits per heavy atom. The van der Waals surface area contributed by atoms with Crippen molar-refractivity contribution in [1.82, 2.24) is 25.4 Å². The van der Waals surface area contributed by atoms with Gasteiger partial charge in [-0.15, -0.1) is 0 Å². The van der Waals surface area contributed by atoms with Crippen molar-refractivity contribution in [3.8, 4) is 0 Å². The Hall–Kier alpha value is -1.99. The van der Waals surface area contributed by atoms with Crippen LogP contribution in [0.1, 0.15) is 38.8 Å². The van der Waals surface area contributed by atoms with E-state index in [1.807, 2.05) is 24.4 Å². The number of hydrogen-bond acceptors (Lipinski definition) is 5. The smallest absolute Gasteiger partial charge is 0.237 e. The number of nitrogens with zero attached hydrogens (tertiary/aromatic N) is 3. The Morgan fingerprint density at radius 2 is 2.07 bits per heavy atom. The summed E-state index contributed by atoms with van der Waals surface area (Å²) < 4.78 is 0. The molecule has 2 aliphatic heterocycles. The van der Waals surface area contributed by atoms with Crippen LogP contribution in [-0.4, -0.2) is 70.9 Å². The second-order valence-corrected chi connectivity index (χ2v) is 7.78. The number of rotatable bonds is 6. The Labute approximate surface area is 161 Å². The molecule has 0 unspecified atom stereocenters. The molecule has 0 spiro atoms. The van der Waals surface area contributed by atoms with Crippen molar-refractivity contribution < 1.29 is 9.59 Å². The van der Waals surface area contributed by atoms with Gasteiger partial charge in [0.2, 0.25) is 11.8 Å². The molecule has 0 radical (unpaired) electrons. The number of carbonyl (C=O) groups excluding carboxylic acids is 2. The van der Waals surface area contributed by atoms with E-state index in [2.05, 4.69) is 39.3 Å². The van der Waals surface area contributed by atoms with Crippen molar-refractivity contribution in [1.29, 1.82) is 0 Å². The van der Waals surface area contributed by atoms with E-state index in [0.29, 0.717) is 6.54 Å². The van der Waals surface area contributed by atoms with E-state index < -0.39 is 0 Å². The van der Waals surface area contributed by atoms with Crippen molar-refractivity contribution in [3.63, 3.8) is 0 Å². The Kier molecular flexibility index (Phi) is 6.79. The number of likely N-dealkylation sites (tertiary alicyclic amines) is 1. The van der Waals surface area contributed by atoms with Gasteiger partial charge in [-0.05, 0) is 38.8 Å². The first-order chi connectivity index (χ1) is 13.0. The maximum atomic E-state index is 12.5. The maximum Gasteiger partial charge on any atom is 0.237 e. The van der Waals surface area contributed by atoms with Crippen LogP contribution in [0.25, 0.3) is 0 Å². The fraction of sp³-hybridized carbons (Fsp3) is 0.650. The molecule has 2 aliphatic rings. The van der Waals surface area contributed by atoms with E-state index in [4.69, 9.17) is 0 Å². The normalized spacial score (nSPS) is 22.6. The number of carbonyl (C=O) groups is 2. The van der Waals surface area contributed by atoms with Crippen molar-refractivity contribution >= 4 is 11.8 Å². The molecule has 0 aromatic carbocycles. The third kappa shape index (κ3) is 5.49. The summed E-state index contributed by atoms with van der Waals surface area (Å²) in [6.07, 6.45) is 3.93. The minimum atomic E-state index is -0.358. The fourth-order valence-corrected chi connectivity index (χ4v) is 3.98. The first-order valence-electron chi connectivity index (χ1n) is 9.98. The highest BCUT2D eigenvalue weighted by atomic mass is 16.2. The van der Waals surface area contributed by atoms with E-state index >= 15 is 0 Å². The fourth-order valence-electron chi connectivity index (χ4n) is 3.98. The summed E-state index contributed by atoms with van der Waals surface area (Å²) in [6, 6.07) is 6.07. The number of piperidine rings is 1. The molecule has 0 bridgehead atoms. The van der Waals surface area contributed by atoms with Gasteiger partial charge in [-0.3, -0.25) is 24.4 Å². The third-order valence-corrected chi connectivity index (χ3v) is 5.48. The standard InChI is InChI=1S/C20H31N5O2/c1-15(2)25-12-9-22-20(27)18(25)13-19(26)23-16-6-10-24(11-7-16)14-17-5-3-4-8-21-17/h3-5,8,15-16,18H,6-7,9-14H2,1-2H3,(H,22,27)(H,23,26)/t18-/m0/s1. The predicted molar refractivity (Wildman–Crippen MR) is 104 cm³/mol. The molecule has 27 heavy (non-hydrogen) atoms. The first-order valence-corrected chi connectivity index (χ1v) is 9.98. The van der Waals surface area contributed by atoms with E-state index in [9.17, 15) is 9.59 Å². The van der Waals surface area contributed by atoms with Gasteiger partial charge in [0, 0.05) is 51.0 Å². The monoisotopic (exact) mass is 373 g/mol. The number of piperazine rings is 1. The molecule has 2 amide bonds. The largest absolute Gasteiger partial charge is 0.353 e. The molecular formula is C20H31N5O2. The average Bonchev–Trinajstić information content (AvgIpc) is 2.65. The highest BCUT2D eigenvalue weighted by molar-refractivity contribution is 5.89. The van der Waals surface area contributed by atoms with E-state index in [1.54, 1.807) is 0 Å². The quantitative estimate of drug-likeness (QED) is 0.770. The van der Waals surface area contributed by atoms with Gasteiger partial charge in [-0.1, -0.05) is 6.07 Å². The number of hydrogen-bond donors (Lipinski definition) is 2. The number of amides is 2. The summed E-state index contributed by atoms with van der Waals surface area (Å²) in [6.45, 7) is 8.35. The number of aromatic nitrogens is 1.